The lowest BCUT2D eigenvalue weighted by atomic mass is 10.1. The van der Waals surface area contributed by atoms with Gasteiger partial charge >= 0.3 is 0 Å². The number of aryl methyl sites for hydroxylation is 1. The summed E-state index contributed by atoms with van der Waals surface area (Å²) in [6, 6.07) is 7.55. The van der Waals surface area contributed by atoms with Crippen molar-refractivity contribution in [3.8, 4) is 10.4 Å². The Hall–Kier alpha value is -1.19. The Kier molecular flexibility index (Phi) is 4.50. The number of thiophene rings is 1. The molecule has 0 aliphatic carbocycles. The smallest absolute Gasteiger partial charge is 0.132 e. The van der Waals surface area contributed by atoms with Crippen LogP contribution in [0.4, 0.5) is 4.39 Å². The van der Waals surface area contributed by atoms with Crippen LogP contribution in [0.5, 0.6) is 0 Å². The van der Waals surface area contributed by atoms with Gasteiger partial charge in [-0.25, -0.2) is 4.39 Å². The van der Waals surface area contributed by atoms with Crippen molar-refractivity contribution in [2.24, 2.45) is 0 Å². The summed E-state index contributed by atoms with van der Waals surface area (Å²) in [5.74, 6) is -0.128. The molecule has 0 radical (unpaired) electrons. The fourth-order valence-corrected chi connectivity index (χ4v) is 2.87. The summed E-state index contributed by atoms with van der Waals surface area (Å²) in [6.45, 7) is 5.83. The topological polar surface area (TPSA) is 12.0 Å². The lowest BCUT2D eigenvalue weighted by molar-refractivity contribution is 0.622. The summed E-state index contributed by atoms with van der Waals surface area (Å²) in [6.07, 6.45) is 1.09. The highest BCUT2D eigenvalue weighted by Gasteiger charge is 2.09. The van der Waals surface area contributed by atoms with E-state index < -0.39 is 0 Å². The molecule has 1 aromatic heterocycles. The van der Waals surface area contributed by atoms with Gasteiger partial charge in [-0.1, -0.05) is 19.1 Å². The molecule has 1 nitrogen and oxygen atoms in total. The second kappa shape index (κ2) is 6.12. The fraction of sp³-hybridized carbons (Fsp3) is 0.333. The predicted octanol–water partition coefficient (Wildman–Crippen LogP) is 4.36. The van der Waals surface area contributed by atoms with Gasteiger partial charge in [0.25, 0.3) is 0 Å². The number of hydrogen-bond acceptors (Lipinski definition) is 2. The Labute approximate surface area is 112 Å². The second-order valence-corrected chi connectivity index (χ2v) is 5.34. The van der Waals surface area contributed by atoms with Gasteiger partial charge in [0.2, 0.25) is 0 Å². The van der Waals surface area contributed by atoms with E-state index in [0.29, 0.717) is 5.56 Å². The van der Waals surface area contributed by atoms with Gasteiger partial charge in [0.05, 0.1) is 0 Å². The summed E-state index contributed by atoms with van der Waals surface area (Å²) in [5.41, 5.74) is 2.84. The van der Waals surface area contributed by atoms with Crippen molar-refractivity contribution in [1.29, 1.82) is 0 Å². The van der Waals surface area contributed by atoms with Gasteiger partial charge in [-0.3, -0.25) is 0 Å². The van der Waals surface area contributed by atoms with Crippen molar-refractivity contribution in [3.05, 3.63) is 46.6 Å². The van der Waals surface area contributed by atoms with E-state index in [-0.39, 0.29) is 5.82 Å². The van der Waals surface area contributed by atoms with Crippen LogP contribution in [0.3, 0.4) is 0 Å². The molecule has 0 saturated carbocycles. The van der Waals surface area contributed by atoms with Crippen LogP contribution >= 0.6 is 11.3 Å². The van der Waals surface area contributed by atoms with E-state index in [4.69, 9.17) is 0 Å². The number of halogens is 1. The summed E-state index contributed by atoms with van der Waals surface area (Å²) in [4.78, 5) is 1.03. The first-order chi connectivity index (χ1) is 8.72. The number of hydrogen-bond donors (Lipinski definition) is 1. The average Bonchev–Trinajstić information content (AvgIpc) is 2.76. The van der Waals surface area contributed by atoms with E-state index in [0.717, 1.165) is 35.5 Å². The minimum Gasteiger partial charge on any atom is -0.313 e. The zero-order valence-electron chi connectivity index (χ0n) is 10.8. The zero-order chi connectivity index (χ0) is 13.0. The van der Waals surface area contributed by atoms with E-state index in [1.54, 1.807) is 17.4 Å². The van der Waals surface area contributed by atoms with Gasteiger partial charge in [0, 0.05) is 17.0 Å². The van der Waals surface area contributed by atoms with Crippen LogP contribution in [0.15, 0.2) is 29.6 Å². The monoisotopic (exact) mass is 263 g/mol. The first-order valence-electron chi connectivity index (χ1n) is 6.26. The summed E-state index contributed by atoms with van der Waals surface area (Å²) in [5, 5.41) is 5.28. The molecule has 0 bridgehead atoms. The molecule has 96 valence electrons. The van der Waals surface area contributed by atoms with Crippen molar-refractivity contribution in [1.82, 2.24) is 5.32 Å². The van der Waals surface area contributed by atoms with Gasteiger partial charge in [-0.15, -0.1) is 11.3 Å². The normalized spacial score (nSPS) is 10.8. The maximum atomic E-state index is 14.1. The van der Waals surface area contributed by atoms with Crippen LogP contribution in [0.1, 0.15) is 24.5 Å². The molecule has 1 aromatic carbocycles. The van der Waals surface area contributed by atoms with Gasteiger partial charge in [-0.05, 0) is 48.5 Å². The lowest BCUT2D eigenvalue weighted by Crippen LogP contribution is -2.13. The van der Waals surface area contributed by atoms with Gasteiger partial charge in [0.15, 0.2) is 0 Å². The molecular weight excluding hydrogens is 245 g/mol. The molecule has 1 heterocycles. The molecule has 0 unspecified atom stereocenters. The Balaban J connectivity index is 2.18. The largest absolute Gasteiger partial charge is 0.313 e. The van der Waals surface area contributed by atoms with Gasteiger partial charge in [-0.2, -0.15) is 0 Å². The predicted molar refractivity (Wildman–Crippen MR) is 76.4 cm³/mol. The lowest BCUT2D eigenvalue weighted by Gasteiger charge is -2.07. The van der Waals surface area contributed by atoms with Crippen LogP contribution < -0.4 is 5.32 Å². The second-order valence-electron chi connectivity index (χ2n) is 4.42. The summed E-state index contributed by atoms with van der Waals surface area (Å²) < 4.78 is 14.1. The van der Waals surface area contributed by atoms with Crippen molar-refractivity contribution in [3.63, 3.8) is 0 Å². The molecule has 0 aliphatic rings. The Bertz CT molecular complexity index is 519. The molecule has 2 rings (SSSR count). The highest BCUT2D eigenvalue weighted by molar-refractivity contribution is 7.13. The molecule has 0 atom stereocenters. The molecule has 0 saturated heterocycles. The molecule has 3 heteroatoms. The molecular formula is C15H18FNS. The van der Waals surface area contributed by atoms with Crippen LogP contribution in [-0.4, -0.2) is 6.54 Å². The SMILES string of the molecule is CCCNCc1ccc(-c2sccc2C)c(F)c1. The van der Waals surface area contributed by atoms with Crippen molar-refractivity contribution in [2.75, 3.05) is 6.54 Å². The number of benzene rings is 1. The van der Waals surface area contributed by atoms with E-state index in [9.17, 15) is 4.39 Å². The standard InChI is InChI=1S/C15H18FNS/c1-3-7-17-10-12-4-5-13(14(16)9-12)15-11(2)6-8-18-15/h4-6,8-9,17H,3,7,10H2,1-2H3. The summed E-state index contributed by atoms with van der Waals surface area (Å²) >= 11 is 1.59. The minimum absolute atomic E-state index is 0.128. The van der Waals surface area contributed by atoms with Gasteiger partial charge < -0.3 is 5.32 Å². The molecule has 2 aromatic rings. The zero-order valence-corrected chi connectivity index (χ0v) is 11.6. The van der Waals surface area contributed by atoms with E-state index in [1.807, 2.05) is 30.5 Å². The maximum Gasteiger partial charge on any atom is 0.132 e. The third-order valence-corrected chi connectivity index (χ3v) is 3.95. The number of rotatable bonds is 5. The molecule has 1 N–H and O–H groups in total. The first kappa shape index (κ1) is 13.2. The third-order valence-electron chi connectivity index (χ3n) is 2.90. The molecule has 18 heavy (non-hydrogen) atoms. The average molecular weight is 263 g/mol. The van der Waals surface area contributed by atoms with Crippen molar-refractivity contribution < 1.29 is 4.39 Å². The van der Waals surface area contributed by atoms with Crippen molar-refractivity contribution in [2.45, 2.75) is 26.8 Å². The Morgan fingerprint density at radius 1 is 1.28 bits per heavy atom. The quantitative estimate of drug-likeness (QED) is 0.790. The van der Waals surface area contributed by atoms with E-state index in [1.165, 1.54) is 0 Å². The van der Waals surface area contributed by atoms with Crippen LogP contribution in [0, 0.1) is 12.7 Å². The maximum absolute atomic E-state index is 14.1. The molecule has 0 aliphatic heterocycles. The number of nitrogens with one attached hydrogen (secondary N) is 1. The molecule has 0 fully saturated rings. The highest BCUT2D eigenvalue weighted by atomic mass is 32.1. The van der Waals surface area contributed by atoms with E-state index in [2.05, 4.69) is 12.2 Å². The molecule has 0 amide bonds. The minimum atomic E-state index is -0.128. The van der Waals surface area contributed by atoms with Crippen LogP contribution in [0.25, 0.3) is 10.4 Å². The van der Waals surface area contributed by atoms with E-state index >= 15 is 0 Å². The molecule has 0 spiro atoms. The first-order valence-corrected chi connectivity index (χ1v) is 7.14. The highest BCUT2D eigenvalue weighted by Crippen LogP contribution is 2.31. The van der Waals surface area contributed by atoms with Crippen LogP contribution in [-0.2, 0) is 6.54 Å². The fourth-order valence-electron chi connectivity index (χ4n) is 1.91. The van der Waals surface area contributed by atoms with Gasteiger partial charge in [0.1, 0.15) is 5.82 Å². The van der Waals surface area contributed by atoms with Crippen molar-refractivity contribution >= 4 is 11.3 Å². The Morgan fingerprint density at radius 2 is 2.11 bits per heavy atom. The summed E-state index contributed by atoms with van der Waals surface area (Å²) in [7, 11) is 0. The third kappa shape index (κ3) is 2.98. The van der Waals surface area contributed by atoms with Crippen LogP contribution in [0.2, 0.25) is 0 Å². The Morgan fingerprint density at radius 3 is 2.72 bits per heavy atom.